The van der Waals surface area contributed by atoms with Gasteiger partial charge >= 0.3 is 0 Å². The maximum atomic E-state index is 8.95. The Morgan fingerprint density at radius 2 is 2.05 bits per heavy atom. The van der Waals surface area contributed by atoms with E-state index in [9.17, 15) is 0 Å². The summed E-state index contributed by atoms with van der Waals surface area (Å²) in [4.78, 5) is 4.09. The Bertz CT molecular complexity index is 558. The number of nitriles is 1. The molecule has 0 amide bonds. The summed E-state index contributed by atoms with van der Waals surface area (Å²) in [6, 6.07) is 14.4. The molecule has 0 aliphatic heterocycles. The highest BCUT2D eigenvalue weighted by Gasteiger charge is 2.10. The van der Waals surface area contributed by atoms with Gasteiger partial charge in [-0.1, -0.05) is 30.3 Å². The number of hydrogen-bond donors (Lipinski definition) is 1. The van der Waals surface area contributed by atoms with E-state index in [1.165, 1.54) is 11.1 Å². The molecule has 1 unspecified atom stereocenters. The Hall–Kier alpha value is -2.18. The molecule has 0 spiro atoms. The summed E-state index contributed by atoms with van der Waals surface area (Å²) in [5.41, 5.74) is 3.53. The summed E-state index contributed by atoms with van der Waals surface area (Å²) in [6.07, 6.45) is 4.12. The molecule has 2 rings (SSSR count). The molecule has 96 valence electrons. The van der Waals surface area contributed by atoms with Gasteiger partial charge in [0.1, 0.15) is 0 Å². The lowest BCUT2D eigenvalue weighted by atomic mass is 10.0. The number of hydrogen-bond acceptors (Lipinski definition) is 3. The van der Waals surface area contributed by atoms with Crippen LogP contribution in [0.25, 0.3) is 0 Å². The van der Waals surface area contributed by atoms with Crippen molar-refractivity contribution in [3.8, 4) is 6.07 Å². The molecule has 1 atom stereocenters. The minimum absolute atomic E-state index is 0.0683. The quantitative estimate of drug-likeness (QED) is 0.888. The summed E-state index contributed by atoms with van der Waals surface area (Å²) in [5, 5.41) is 12.4. The predicted molar refractivity (Wildman–Crippen MR) is 75.2 cm³/mol. The molecule has 1 aromatic heterocycles. The molecule has 0 saturated heterocycles. The fourth-order valence-corrected chi connectivity index (χ4v) is 2.02. The molecular formula is C16H17N3. The minimum atomic E-state index is 0.0683. The number of nitrogens with one attached hydrogen (secondary N) is 1. The second-order valence-electron chi connectivity index (χ2n) is 4.51. The van der Waals surface area contributed by atoms with E-state index >= 15 is 0 Å². The number of rotatable bonds is 5. The number of nitrogens with zero attached hydrogens (tertiary/aromatic N) is 2. The van der Waals surface area contributed by atoms with Gasteiger partial charge in [0.25, 0.3) is 0 Å². The average Bonchev–Trinajstić information content (AvgIpc) is 2.46. The molecule has 2 aromatic rings. The van der Waals surface area contributed by atoms with Crippen molar-refractivity contribution < 1.29 is 0 Å². The van der Waals surface area contributed by atoms with Crippen LogP contribution in [0.5, 0.6) is 0 Å². The van der Waals surface area contributed by atoms with Crippen molar-refractivity contribution in [2.75, 3.05) is 0 Å². The molecule has 0 radical (unpaired) electrons. The maximum absolute atomic E-state index is 8.95. The van der Waals surface area contributed by atoms with Crippen molar-refractivity contribution in [1.29, 1.82) is 5.26 Å². The van der Waals surface area contributed by atoms with Gasteiger partial charge in [-0.3, -0.25) is 4.98 Å². The molecule has 19 heavy (non-hydrogen) atoms. The number of aromatic nitrogens is 1. The van der Waals surface area contributed by atoms with Gasteiger partial charge < -0.3 is 5.32 Å². The standard InChI is InChI=1S/C16H17N3/c1-13-11-18-10-8-15(13)12-19-16(7-9-17)14-5-3-2-4-6-14/h2-6,8,10-11,16,19H,7,12H2,1H3. The molecule has 0 bridgehead atoms. The Kier molecular flexibility index (Phi) is 4.66. The predicted octanol–water partition coefficient (Wildman–Crippen LogP) is 3.13. The van der Waals surface area contributed by atoms with Gasteiger partial charge in [-0.15, -0.1) is 0 Å². The molecule has 0 fully saturated rings. The molecule has 1 N–H and O–H groups in total. The summed E-state index contributed by atoms with van der Waals surface area (Å²) in [7, 11) is 0. The van der Waals surface area contributed by atoms with E-state index in [0.717, 1.165) is 12.1 Å². The lowest BCUT2D eigenvalue weighted by Crippen LogP contribution is -2.21. The Morgan fingerprint density at radius 3 is 2.74 bits per heavy atom. The van der Waals surface area contributed by atoms with Crippen LogP contribution in [0, 0.1) is 18.3 Å². The topological polar surface area (TPSA) is 48.7 Å². The van der Waals surface area contributed by atoms with Crippen LogP contribution in [-0.2, 0) is 6.54 Å². The summed E-state index contributed by atoms with van der Waals surface area (Å²) in [6.45, 7) is 2.79. The Balaban J connectivity index is 2.07. The number of benzene rings is 1. The summed E-state index contributed by atoms with van der Waals surface area (Å²) >= 11 is 0. The molecule has 1 aromatic carbocycles. The lowest BCUT2D eigenvalue weighted by molar-refractivity contribution is 0.541. The first kappa shape index (κ1) is 13.3. The maximum Gasteiger partial charge on any atom is 0.0641 e. The summed E-state index contributed by atoms with van der Waals surface area (Å²) < 4.78 is 0. The first-order valence-electron chi connectivity index (χ1n) is 6.36. The van der Waals surface area contributed by atoms with Crippen LogP contribution in [0.1, 0.15) is 29.2 Å². The third kappa shape index (κ3) is 3.64. The third-order valence-electron chi connectivity index (χ3n) is 3.17. The number of aryl methyl sites for hydroxylation is 1. The lowest BCUT2D eigenvalue weighted by Gasteiger charge is -2.17. The highest BCUT2D eigenvalue weighted by atomic mass is 14.9. The first-order valence-corrected chi connectivity index (χ1v) is 6.36. The second-order valence-corrected chi connectivity index (χ2v) is 4.51. The van der Waals surface area contributed by atoms with Crippen LogP contribution in [0.15, 0.2) is 48.8 Å². The van der Waals surface area contributed by atoms with Crippen molar-refractivity contribution in [3.05, 3.63) is 65.5 Å². The van der Waals surface area contributed by atoms with Gasteiger partial charge in [-0.2, -0.15) is 5.26 Å². The zero-order valence-corrected chi connectivity index (χ0v) is 11.0. The largest absolute Gasteiger partial charge is 0.305 e. The monoisotopic (exact) mass is 251 g/mol. The number of pyridine rings is 1. The van der Waals surface area contributed by atoms with E-state index in [1.54, 1.807) is 6.20 Å². The molecule has 3 heteroatoms. The summed E-state index contributed by atoms with van der Waals surface area (Å²) in [5.74, 6) is 0. The van der Waals surface area contributed by atoms with Gasteiger partial charge in [0, 0.05) is 25.0 Å². The van der Waals surface area contributed by atoms with Gasteiger partial charge in [0.15, 0.2) is 0 Å². The van der Waals surface area contributed by atoms with E-state index in [0.29, 0.717) is 6.42 Å². The Labute approximate surface area is 113 Å². The third-order valence-corrected chi connectivity index (χ3v) is 3.17. The van der Waals surface area contributed by atoms with Crippen LogP contribution >= 0.6 is 0 Å². The zero-order chi connectivity index (χ0) is 13.5. The van der Waals surface area contributed by atoms with Gasteiger partial charge in [0.2, 0.25) is 0 Å². The van der Waals surface area contributed by atoms with E-state index in [4.69, 9.17) is 5.26 Å². The Morgan fingerprint density at radius 1 is 1.26 bits per heavy atom. The molecular weight excluding hydrogens is 234 g/mol. The normalized spacial score (nSPS) is 11.8. The first-order chi connectivity index (χ1) is 9.31. The van der Waals surface area contributed by atoms with Gasteiger partial charge in [-0.05, 0) is 29.7 Å². The van der Waals surface area contributed by atoms with Crippen LogP contribution < -0.4 is 5.32 Å². The van der Waals surface area contributed by atoms with Crippen LogP contribution in [-0.4, -0.2) is 4.98 Å². The minimum Gasteiger partial charge on any atom is -0.305 e. The zero-order valence-electron chi connectivity index (χ0n) is 11.0. The van der Waals surface area contributed by atoms with Crippen molar-refractivity contribution in [2.45, 2.75) is 25.9 Å². The highest BCUT2D eigenvalue weighted by molar-refractivity contribution is 5.23. The van der Waals surface area contributed by atoms with E-state index in [1.807, 2.05) is 37.4 Å². The van der Waals surface area contributed by atoms with Crippen molar-refractivity contribution in [3.63, 3.8) is 0 Å². The van der Waals surface area contributed by atoms with E-state index in [2.05, 4.69) is 28.5 Å². The molecule has 1 heterocycles. The fourth-order valence-electron chi connectivity index (χ4n) is 2.02. The van der Waals surface area contributed by atoms with Crippen LogP contribution in [0.2, 0.25) is 0 Å². The van der Waals surface area contributed by atoms with Crippen LogP contribution in [0.3, 0.4) is 0 Å². The van der Waals surface area contributed by atoms with E-state index in [-0.39, 0.29) is 6.04 Å². The smallest absolute Gasteiger partial charge is 0.0641 e. The van der Waals surface area contributed by atoms with E-state index < -0.39 is 0 Å². The second kappa shape index (κ2) is 6.67. The highest BCUT2D eigenvalue weighted by Crippen LogP contribution is 2.17. The average molecular weight is 251 g/mol. The van der Waals surface area contributed by atoms with Gasteiger partial charge in [0.05, 0.1) is 12.5 Å². The molecule has 0 aliphatic carbocycles. The molecule has 3 nitrogen and oxygen atoms in total. The molecule has 0 saturated carbocycles. The van der Waals surface area contributed by atoms with Crippen molar-refractivity contribution in [1.82, 2.24) is 10.3 Å². The van der Waals surface area contributed by atoms with Crippen molar-refractivity contribution in [2.24, 2.45) is 0 Å². The SMILES string of the molecule is Cc1cnccc1CNC(CC#N)c1ccccc1. The fraction of sp³-hybridized carbons (Fsp3) is 0.250. The van der Waals surface area contributed by atoms with Gasteiger partial charge in [-0.25, -0.2) is 0 Å². The van der Waals surface area contributed by atoms with Crippen LogP contribution in [0.4, 0.5) is 0 Å². The van der Waals surface area contributed by atoms with Crippen molar-refractivity contribution >= 4 is 0 Å². The molecule has 0 aliphatic rings.